The second-order valence-electron chi connectivity index (χ2n) is 4.68. The molecule has 0 spiro atoms. The molecule has 0 unspecified atom stereocenters. The zero-order chi connectivity index (χ0) is 15.7. The molecule has 118 valence electrons. The van der Waals surface area contributed by atoms with Crippen molar-refractivity contribution in [1.82, 2.24) is 4.72 Å². The van der Waals surface area contributed by atoms with Gasteiger partial charge in [-0.2, -0.15) is 0 Å². The van der Waals surface area contributed by atoms with E-state index in [1.165, 1.54) is 24.3 Å². The maximum absolute atomic E-state index is 12.1. The van der Waals surface area contributed by atoms with E-state index in [1.54, 1.807) is 0 Å². The van der Waals surface area contributed by atoms with Gasteiger partial charge in [0.25, 0.3) is 5.69 Å². The van der Waals surface area contributed by atoms with Crippen LogP contribution in [0.1, 0.15) is 32.1 Å². The molecule has 1 aromatic carbocycles. The Morgan fingerprint density at radius 1 is 1.10 bits per heavy atom. The Bertz CT molecular complexity index is 560. The van der Waals surface area contributed by atoms with E-state index in [0.717, 1.165) is 25.7 Å². The summed E-state index contributed by atoms with van der Waals surface area (Å²) in [4.78, 5) is 9.86. The van der Waals surface area contributed by atoms with E-state index in [1.807, 2.05) is 0 Å². The van der Waals surface area contributed by atoms with Gasteiger partial charge >= 0.3 is 0 Å². The second kappa shape index (κ2) is 8.71. The van der Waals surface area contributed by atoms with Gasteiger partial charge in [0, 0.05) is 12.6 Å². The Morgan fingerprint density at radius 3 is 2.38 bits per heavy atom. The van der Waals surface area contributed by atoms with Crippen molar-refractivity contribution in [2.75, 3.05) is 13.1 Å². The van der Waals surface area contributed by atoms with Crippen LogP contribution in [0.2, 0.25) is 0 Å². The van der Waals surface area contributed by atoms with Crippen LogP contribution in [0, 0.1) is 10.1 Å². The lowest BCUT2D eigenvalue weighted by Gasteiger charge is -2.07. The van der Waals surface area contributed by atoms with E-state index in [0.29, 0.717) is 13.0 Å². The van der Waals surface area contributed by atoms with Crippen LogP contribution in [-0.4, -0.2) is 26.4 Å². The molecule has 1 rings (SSSR count). The van der Waals surface area contributed by atoms with Gasteiger partial charge in [0.1, 0.15) is 0 Å². The number of rotatable bonds is 10. The highest BCUT2D eigenvalue weighted by atomic mass is 32.2. The number of nitro benzene ring substituents is 1. The summed E-state index contributed by atoms with van der Waals surface area (Å²) in [6, 6.07) is 5.33. The predicted octanol–water partition coefficient (Wildman–Crippen LogP) is 1.78. The molecule has 0 atom stereocenters. The lowest BCUT2D eigenvalue weighted by Crippen LogP contribution is -2.25. The highest BCUT2D eigenvalue weighted by molar-refractivity contribution is 7.89. The Balaban J connectivity index is 2.53. The number of nitrogens with one attached hydrogen (secondary N) is 1. The topological polar surface area (TPSA) is 115 Å². The third-order valence-electron chi connectivity index (χ3n) is 3.02. The van der Waals surface area contributed by atoms with Crippen LogP contribution in [0.15, 0.2) is 29.2 Å². The molecule has 0 aliphatic carbocycles. The van der Waals surface area contributed by atoms with Gasteiger partial charge in [0.15, 0.2) is 4.90 Å². The number of nitro groups is 1. The fourth-order valence-corrected chi connectivity index (χ4v) is 3.16. The van der Waals surface area contributed by atoms with Crippen LogP contribution in [0.4, 0.5) is 5.69 Å². The molecule has 0 saturated heterocycles. The molecule has 3 N–H and O–H groups in total. The fraction of sp³-hybridized carbons (Fsp3) is 0.538. The minimum Gasteiger partial charge on any atom is -0.330 e. The van der Waals surface area contributed by atoms with Gasteiger partial charge < -0.3 is 5.73 Å². The monoisotopic (exact) mass is 315 g/mol. The molecule has 0 aliphatic heterocycles. The average molecular weight is 315 g/mol. The molecular formula is C13H21N3O4S. The Hall–Kier alpha value is -1.51. The number of nitrogens with two attached hydrogens (primary N) is 1. The van der Waals surface area contributed by atoms with Crippen molar-refractivity contribution in [2.45, 2.75) is 37.0 Å². The van der Waals surface area contributed by atoms with Gasteiger partial charge in [-0.15, -0.1) is 0 Å². The molecule has 21 heavy (non-hydrogen) atoms. The number of hydrogen-bond donors (Lipinski definition) is 2. The van der Waals surface area contributed by atoms with Crippen molar-refractivity contribution < 1.29 is 13.3 Å². The lowest BCUT2D eigenvalue weighted by molar-refractivity contribution is -0.387. The zero-order valence-electron chi connectivity index (χ0n) is 11.8. The highest BCUT2D eigenvalue weighted by Gasteiger charge is 2.24. The van der Waals surface area contributed by atoms with Crippen molar-refractivity contribution in [3.63, 3.8) is 0 Å². The van der Waals surface area contributed by atoms with E-state index < -0.39 is 20.6 Å². The summed E-state index contributed by atoms with van der Waals surface area (Å²) in [7, 11) is -3.85. The minimum atomic E-state index is -3.85. The fourth-order valence-electron chi connectivity index (χ4n) is 1.92. The summed E-state index contributed by atoms with van der Waals surface area (Å²) in [5.74, 6) is 0. The first-order chi connectivity index (χ1) is 9.99. The lowest BCUT2D eigenvalue weighted by atomic mass is 10.1. The first kappa shape index (κ1) is 17.5. The number of unbranched alkanes of at least 4 members (excludes halogenated alkanes) is 4. The molecule has 0 aliphatic rings. The standard InChI is InChI=1S/C13H21N3O4S/c14-10-6-2-1-3-7-11-15-21(19,20)13-9-5-4-8-12(13)16(17)18/h4-5,8-9,15H,1-3,6-7,10-11,14H2. The maximum atomic E-state index is 12.1. The number of nitrogens with zero attached hydrogens (tertiary/aromatic N) is 1. The van der Waals surface area contributed by atoms with E-state index >= 15 is 0 Å². The summed E-state index contributed by atoms with van der Waals surface area (Å²) in [5, 5.41) is 10.8. The third-order valence-corrected chi connectivity index (χ3v) is 4.53. The molecule has 0 saturated carbocycles. The molecule has 0 aromatic heterocycles. The number of sulfonamides is 1. The van der Waals surface area contributed by atoms with Crippen molar-refractivity contribution in [1.29, 1.82) is 0 Å². The normalized spacial score (nSPS) is 11.5. The first-order valence-corrected chi connectivity index (χ1v) is 8.40. The van der Waals surface area contributed by atoms with E-state index in [2.05, 4.69) is 4.72 Å². The summed E-state index contributed by atoms with van der Waals surface area (Å²) in [6.07, 6.45) is 4.61. The Morgan fingerprint density at radius 2 is 1.71 bits per heavy atom. The number of benzene rings is 1. The molecular weight excluding hydrogens is 294 g/mol. The smallest absolute Gasteiger partial charge is 0.289 e. The number of hydrogen-bond acceptors (Lipinski definition) is 5. The van der Waals surface area contributed by atoms with E-state index in [9.17, 15) is 18.5 Å². The van der Waals surface area contributed by atoms with Gasteiger partial charge in [-0.05, 0) is 25.5 Å². The summed E-state index contributed by atoms with van der Waals surface area (Å²) >= 11 is 0. The second-order valence-corrected chi connectivity index (χ2v) is 6.41. The highest BCUT2D eigenvalue weighted by Crippen LogP contribution is 2.22. The maximum Gasteiger partial charge on any atom is 0.289 e. The summed E-state index contributed by atoms with van der Waals surface area (Å²) < 4.78 is 26.5. The first-order valence-electron chi connectivity index (χ1n) is 6.92. The van der Waals surface area contributed by atoms with E-state index in [4.69, 9.17) is 5.73 Å². The zero-order valence-corrected chi connectivity index (χ0v) is 12.6. The van der Waals surface area contributed by atoms with Crippen LogP contribution in [0.25, 0.3) is 0 Å². The molecule has 8 heteroatoms. The van der Waals surface area contributed by atoms with Crippen LogP contribution < -0.4 is 10.5 Å². The van der Waals surface area contributed by atoms with Gasteiger partial charge in [-0.25, -0.2) is 13.1 Å². The van der Waals surface area contributed by atoms with Crippen molar-refractivity contribution in [2.24, 2.45) is 5.73 Å². The van der Waals surface area contributed by atoms with Crippen LogP contribution in [-0.2, 0) is 10.0 Å². The van der Waals surface area contributed by atoms with E-state index in [-0.39, 0.29) is 11.4 Å². The predicted molar refractivity (Wildman–Crippen MR) is 80.4 cm³/mol. The summed E-state index contributed by atoms with van der Waals surface area (Å²) in [6.45, 7) is 0.946. The van der Waals surface area contributed by atoms with Crippen molar-refractivity contribution in [3.8, 4) is 0 Å². The molecule has 0 heterocycles. The third kappa shape index (κ3) is 5.78. The van der Waals surface area contributed by atoms with Gasteiger partial charge in [-0.1, -0.05) is 31.4 Å². The quantitative estimate of drug-likeness (QED) is 0.388. The van der Waals surface area contributed by atoms with Crippen LogP contribution in [0.5, 0.6) is 0 Å². The molecule has 0 bridgehead atoms. The van der Waals surface area contributed by atoms with Crippen molar-refractivity contribution in [3.05, 3.63) is 34.4 Å². The minimum absolute atomic E-state index is 0.275. The Kier molecular flexibility index (Phi) is 7.27. The largest absolute Gasteiger partial charge is 0.330 e. The van der Waals surface area contributed by atoms with Crippen LogP contribution >= 0.6 is 0 Å². The SMILES string of the molecule is NCCCCCCCNS(=O)(=O)c1ccccc1[N+](=O)[O-]. The molecule has 0 radical (unpaired) electrons. The molecule has 7 nitrogen and oxygen atoms in total. The van der Waals surface area contributed by atoms with Gasteiger partial charge in [0.2, 0.25) is 10.0 Å². The molecule has 0 amide bonds. The number of para-hydroxylation sites is 1. The Labute approximate surface area is 124 Å². The average Bonchev–Trinajstić information content (AvgIpc) is 2.46. The molecule has 1 aromatic rings. The van der Waals surface area contributed by atoms with Gasteiger partial charge in [0.05, 0.1) is 4.92 Å². The van der Waals surface area contributed by atoms with Gasteiger partial charge in [-0.3, -0.25) is 10.1 Å². The van der Waals surface area contributed by atoms with Crippen molar-refractivity contribution >= 4 is 15.7 Å². The van der Waals surface area contributed by atoms with Crippen LogP contribution in [0.3, 0.4) is 0 Å². The molecule has 0 fully saturated rings. The summed E-state index contributed by atoms with van der Waals surface area (Å²) in [5.41, 5.74) is 4.97.